The maximum Gasteiger partial charge on any atom is 0.344 e. The molecular formula is C23H26ClNO11P2. The molecule has 15 heteroatoms. The minimum Gasteiger partial charge on any atom is -0.507 e. The Balaban J connectivity index is 1.96. The van der Waals surface area contributed by atoms with Gasteiger partial charge in [0.15, 0.2) is 10.8 Å². The monoisotopic (exact) mass is 589 g/mol. The van der Waals surface area contributed by atoms with Gasteiger partial charge >= 0.3 is 15.2 Å². The van der Waals surface area contributed by atoms with Crippen molar-refractivity contribution in [3.63, 3.8) is 0 Å². The lowest BCUT2D eigenvalue weighted by molar-refractivity contribution is 0.0628. The average molecular weight is 590 g/mol. The van der Waals surface area contributed by atoms with E-state index in [1.165, 1.54) is 0 Å². The zero-order valence-electron chi connectivity index (χ0n) is 20.0. The van der Waals surface area contributed by atoms with E-state index >= 15 is 0 Å². The van der Waals surface area contributed by atoms with Crippen LogP contribution in [0.1, 0.15) is 17.9 Å². The second-order valence-electron chi connectivity index (χ2n) is 9.16. The molecule has 0 bridgehead atoms. The van der Waals surface area contributed by atoms with Crippen LogP contribution in [0.15, 0.2) is 45.6 Å². The molecule has 0 amide bonds. The van der Waals surface area contributed by atoms with Gasteiger partial charge in [-0.3, -0.25) is 13.9 Å². The molecule has 1 aliphatic heterocycles. The average Bonchev–Trinajstić information content (AvgIpc) is 2.78. The Hall–Kier alpha value is -2.24. The number of rotatable bonds is 7. The number of likely N-dealkylation sites (N-methyl/N-ethyl adjacent to an activating group) is 1. The number of likely N-dealkylation sites (tertiary alicyclic amines) is 1. The van der Waals surface area contributed by atoms with Gasteiger partial charge in [-0.15, -0.1) is 0 Å². The number of aliphatic hydroxyl groups is 1. The molecule has 2 heterocycles. The van der Waals surface area contributed by atoms with Crippen molar-refractivity contribution in [2.75, 3.05) is 26.7 Å². The van der Waals surface area contributed by atoms with E-state index in [2.05, 4.69) is 0 Å². The number of ether oxygens (including phenoxy) is 1. The molecule has 6 N–H and O–H groups in total. The third kappa shape index (κ3) is 5.84. The van der Waals surface area contributed by atoms with Crippen molar-refractivity contribution in [1.29, 1.82) is 0 Å². The van der Waals surface area contributed by atoms with Gasteiger partial charge in [0.2, 0.25) is 0 Å². The molecule has 1 aromatic heterocycles. The second kappa shape index (κ2) is 10.7. The SMILES string of the molecule is CN1CC[C@H](c2c(OCC(P(=O)(O)O)P(=O)(O)O)cc(O)c3c(=O)cc(-c4ccccc4Cl)oc23)[C@H](O)C1. The van der Waals surface area contributed by atoms with Crippen LogP contribution in [-0.2, 0) is 9.13 Å². The maximum atomic E-state index is 13.1. The van der Waals surface area contributed by atoms with Crippen molar-refractivity contribution in [3.05, 3.63) is 57.2 Å². The van der Waals surface area contributed by atoms with Crippen molar-refractivity contribution in [3.8, 4) is 22.8 Å². The number of hydrogen-bond donors (Lipinski definition) is 6. The summed E-state index contributed by atoms with van der Waals surface area (Å²) in [5, 5.41) is 19.2. The van der Waals surface area contributed by atoms with Gasteiger partial charge in [0, 0.05) is 35.7 Å². The van der Waals surface area contributed by atoms with Crippen LogP contribution in [0.2, 0.25) is 5.02 Å². The van der Waals surface area contributed by atoms with Crippen LogP contribution in [0.3, 0.4) is 0 Å². The summed E-state index contributed by atoms with van der Waals surface area (Å²) in [4.78, 5) is 53.0. The molecular weight excluding hydrogens is 564 g/mol. The highest BCUT2D eigenvalue weighted by molar-refractivity contribution is 7.70. The van der Waals surface area contributed by atoms with Gasteiger partial charge < -0.3 is 43.8 Å². The summed E-state index contributed by atoms with van der Waals surface area (Å²) < 4.78 is 35.2. The first-order valence-corrected chi connectivity index (χ1v) is 15.1. The van der Waals surface area contributed by atoms with Gasteiger partial charge in [-0.2, -0.15) is 0 Å². The highest BCUT2D eigenvalue weighted by Crippen LogP contribution is 2.60. The van der Waals surface area contributed by atoms with E-state index < -0.39 is 50.4 Å². The number of aliphatic hydroxyl groups excluding tert-OH is 1. The number of piperidine rings is 1. The van der Waals surface area contributed by atoms with E-state index in [9.17, 15) is 43.7 Å². The zero-order valence-corrected chi connectivity index (χ0v) is 22.5. The molecule has 1 fully saturated rings. The van der Waals surface area contributed by atoms with Gasteiger partial charge in [0.25, 0.3) is 0 Å². The van der Waals surface area contributed by atoms with Crippen LogP contribution in [0.5, 0.6) is 11.5 Å². The first-order valence-electron chi connectivity index (χ1n) is 11.4. The molecule has 206 valence electrons. The fourth-order valence-electron chi connectivity index (χ4n) is 4.56. The van der Waals surface area contributed by atoms with Gasteiger partial charge in [0.05, 0.1) is 11.1 Å². The number of β-amino-alcohol motifs (C(OH)–C–C–N with tert-alkyl or cyclic N) is 1. The minimum absolute atomic E-state index is 0.0524. The molecule has 0 aliphatic carbocycles. The topological polar surface area (TPSA) is 198 Å². The largest absolute Gasteiger partial charge is 0.507 e. The Bertz CT molecular complexity index is 1490. The maximum absolute atomic E-state index is 13.1. The summed E-state index contributed by atoms with van der Waals surface area (Å²) in [7, 11) is -8.84. The summed E-state index contributed by atoms with van der Waals surface area (Å²) in [5.74, 6) is -1.52. The van der Waals surface area contributed by atoms with Gasteiger partial charge in [0.1, 0.15) is 34.8 Å². The zero-order chi connectivity index (χ0) is 28.0. The molecule has 0 unspecified atom stereocenters. The lowest BCUT2D eigenvalue weighted by atomic mass is 9.85. The molecule has 12 nitrogen and oxygen atoms in total. The molecule has 38 heavy (non-hydrogen) atoms. The van der Waals surface area contributed by atoms with Crippen LogP contribution in [0, 0.1) is 0 Å². The number of halogens is 1. The van der Waals surface area contributed by atoms with E-state index in [-0.39, 0.29) is 39.6 Å². The van der Waals surface area contributed by atoms with Crippen molar-refractivity contribution in [2.45, 2.75) is 23.8 Å². The Morgan fingerprint density at radius 2 is 1.82 bits per heavy atom. The van der Waals surface area contributed by atoms with Crippen molar-refractivity contribution in [1.82, 2.24) is 4.90 Å². The van der Waals surface area contributed by atoms with Crippen LogP contribution >= 0.6 is 26.8 Å². The van der Waals surface area contributed by atoms with E-state index in [0.717, 1.165) is 12.1 Å². The fraction of sp³-hybridized carbons (Fsp3) is 0.348. The van der Waals surface area contributed by atoms with E-state index in [0.29, 0.717) is 18.5 Å². The van der Waals surface area contributed by atoms with E-state index in [1.807, 2.05) is 4.90 Å². The third-order valence-corrected chi connectivity index (χ3v) is 10.4. The van der Waals surface area contributed by atoms with Crippen molar-refractivity contribution < 1.29 is 48.1 Å². The molecule has 4 rings (SSSR count). The Morgan fingerprint density at radius 3 is 2.42 bits per heavy atom. The van der Waals surface area contributed by atoms with Crippen molar-refractivity contribution in [2.24, 2.45) is 0 Å². The highest BCUT2D eigenvalue weighted by Gasteiger charge is 2.44. The summed E-state index contributed by atoms with van der Waals surface area (Å²) in [5.41, 5.74) is -0.298. The number of phenolic OH excluding ortho intramolecular Hbond substituents is 1. The molecule has 0 saturated carbocycles. The number of benzene rings is 2. The molecule has 0 spiro atoms. The Kier molecular flexibility index (Phi) is 8.12. The predicted octanol–water partition coefficient (Wildman–Crippen LogP) is 2.66. The minimum atomic E-state index is -5.32. The normalized spacial score (nSPS) is 19.3. The van der Waals surface area contributed by atoms with Crippen molar-refractivity contribution >= 4 is 37.8 Å². The Morgan fingerprint density at radius 1 is 1.16 bits per heavy atom. The van der Waals surface area contributed by atoms with E-state index in [4.69, 9.17) is 20.8 Å². The Labute approximate surface area is 221 Å². The van der Waals surface area contributed by atoms with Crippen LogP contribution in [-0.4, -0.2) is 72.9 Å². The summed E-state index contributed by atoms with van der Waals surface area (Å²) in [6.07, 6.45) is -0.661. The number of hydrogen-bond acceptors (Lipinski definition) is 8. The third-order valence-electron chi connectivity index (χ3n) is 6.44. The summed E-state index contributed by atoms with van der Waals surface area (Å²) in [6, 6.07) is 8.71. The smallest absolute Gasteiger partial charge is 0.344 e. The molecule has 2 aromatic carbocycles. The number of aromatic hydroxyl groups is 1. The molecule has 2 atom stereocenters. The predicted molar refractivity (Wildman–Crippen MR) is 139 cm³/mol. The standard InChI is InChI=1S/C23H26ClNO11P2/c1-25-7-6-13(17(28)10-25)21-19(35-11-20(37(29,30)31)38(32,33)34)9-16(27)22-15(26)8-18(36-23(21)22)12-4-2-3-5-14(12)24/h2-5,8-9,13,17,20,27-28H,6-7,10-11H2,1H3,(H2,29,30,31)(H2,32,33,34)/t13-,17+/m0/s1. The summed E-state index contributed by atoms with van der Waals surface area (Å²) in [6.45, 7) is -0.371. The number of fused-ring (bicyclic) bond motifs is 1. The first kappa shape index (κ1) is 28.8. The molecule has 1 saturated heterocycles. The van der Waals surface area contributed by atoms with Gasteiger partial charge in [-0.05, 0) is 32.1 Å². The van der Waals surface area contributed by atoms with Crippen LogP contribution < -0.4 is 10.2 Å². The molecule has 0 radical (unpaired) electrons. The van der Waals surface area contributed by atoms with Crippen LogP contribution in [0.4, 0.5) is 0 Å². The summed E-state index contributed by atoms with van der Waals surface area (Å²) >= 11 is 6.29. The molecule has 1 aliphatic rings. The van der Waals surface area contributed by atoms with E-state index in [1.54, 1.807) is 31.3 Å². The lowest BCUT2D eigenvalue weighted by Gasteiger charge is -2.35. The number of nitrogens with zero attached hydrogens (tertiary/aromatic N) is 1. The van der Waals surface area contributed by atoms with Gasteiger partial charge in [-0.25, -0.2) is 0 Å². The number of phenols is 1. The van der Waals surface area contributed by atoms with Crippen LogP contribution in [0.25, 0.3) is 22.3 Å². The lowest BCUT2D eigenvalue weighted by Crippen LogP contribution is -2.40. The quantitative estimate of drug-likeness (QED) is 0.221. The first-order chi connectivity index (χ1) is 17.7. The fourth-order valence-corrected chi connectivity index (χ4v) is 6.89. The molecule has 3 aromatic rings. The second-order valence-corrected chi connectivity index (χ2v) is 13.6. The highest BCUT2D eigenvalue weighted by atomic mass is 35.5. The van der Waals surface area contributed by atoms with Gasteiger partial charge in [-0.1, -0.05) is 23.7 Å².